The molecule has 0 saturated carbocycles. The van der Waals surface area contributed by atoms with Crippen molar-refractivity contribution in [3.8, 4) is 0 Å². The second-order valence-electron chi connectivity index (χ2n) is 3.57. The lowest BCUT2D eigenvalue weighted by Gasteiger charge is -2.02. The van der Waals surface area contributed by atoms with Gasteiger partial charge >= 0.3 is 5.91 Å². The van der Waals surface area contributed by atoms with Crippen molar-refractivity contribution in [3.63, 3.8) is 0 Å². The molecule has 94 valence electrons. The lowest BCUT2D eigenvalue weighted by Crippen LogP contribution is -2.29. The zero-order valence-corrected chi connectivity index (χ0v) is 10.4. The average Bonchev–Trinajstić information content (AvgIpc) is 2.86. The summed E-state index contributed by atoms with van der Waals surface area (Å²) in [5, 5.41) is 0. The van der Waals surface area contributed by atoms with Crippen LogP contribution in [0.15, 0.2) is 45.7 Å². The van der Waals surface area contributed by atoms with E-state index in [0.29, 0.717) is 11.5 Å². The summed E-state index contributed by atoms with van der Waals surface area (Å²) in [5.74, 6) is 6.08. The zero-order chi connectivity index (χ0) is 13.0. The summed E-state index contributed by atoms with van der Waals surface area (Å²) >= 11 is 1.55. The van der Waals surface area contributed by atoms with Crippen molar-refractivity contribution in [1.29, 1.82) is 0 Å². The van der Waals surface area contributed by atoms with E-state index in [1.54, 1.807) is 23.9 Å². The number of nitrogens with two attached hydrogens (primary N) is 2. The van der Waals surface area contributed by atoms with Gasteiger partial charge in [0.1, 0.15) is 5.76 Å². The number of carbonyl (C=O) groups is 1. The van der Waals surface area contributed by atoms with Gasteiger partial charge in [0.25, 0.3) is 0 Å². The predicted octanol–water partition coefficient (Wildman–Crippen LogP) is 1.76. The molecule has 0 saturated heterocycles. The number of hydrogen-bond acceptors (Lipinski definition) is 5. The van der Waals surface area contributed by atoms with E-state index in [1.807, 2.05) is 29.7 Å². The highest BCUT2D eigenvalue weighted by Crippen LogP contribution is 2.28. The molecule has 1 heterocycles. The van der Waals surface area contributed by atoms with Gasteiger partial charge in [0, 0.05) is 10.6 Å². The van der Waals surface area contributed by atoms with Gasteiger partial charge in [0.05, 0.1) is 5.75 Å². The Morgan fingerprint density at radius 1 is 1.28 bits per heavy atom. The summed E-state index contributed by atoms with van der Waals surface area (Å²) < 4.78 is 5.34. The molecule has 5 N–H and O–H groups in total. The molecular formula is C12H13N3O2S. The highest BCUT2D eigenvalue weighted by atomic mass is 32.2. The number of hydrogen-bond donors (Lipinski definition) is 3. The Balaban J connectivity index is 2.01. The fraction of sp³-hybridized carbons (Fsp3) is 0.0833. The first kappa shape index (κ1) is 12.5. The minimum absolute atomic E-state index is 0.203. The molecule has 6 heteroatoms. The maximum absolute atomic E-state index is 11.2. The smallest absolute Gasteiger partial charge is 0.300 e. The van der Waals surface area contributed by atoms with Crippen LogP contribution in [0.1, 0.15) is 16.3 Å². The second-order valence-corrected chi connectivity index (χ2v) is 4.58. The monoisotopic (exact) mass is 263 g/mol. The first-order valence-electron chi connectivity index (χ1n) is 5.27. The normalized spacial score (nSPS) is 10.3. The van der Waals surface area contributed by atoms with Gasteiger partial charge in [-0.15, -0.1) is 11.8 Å². The fourth-order valence-electron chi connectivity index (χ4n) is 1.41. The lowest BCUT2D eigenvalue weighted by atomic mass is 10.3. The summed E-state index contributed by atoms with van der Waals surface area (Å²) in [4.78, 5) is 12.2. The van der Waals surface area contributed by atoms with Gasteiger partial charge in [-0.25, -0.2) is 5.84 Å². The molecule has 0 unspecified atom stereocenters. The fourth-order valence-corrected chi connectivity index (χ4v) is 2.27. The SMILES string of the molecule is NNC(=O)c1ccc(CSc2ccccc2N)o1. The van der Waals surface area contributed by atoms with Crippen molar-refractivity contribution in [3.05, 3.63) is 47.9 Å². The third kappa shape index (κ3) is 2.85. The number of para-hydroxylation sites is 1. The summed E-state index contributed by atoms with van der Waals surface area (Å²) in [7, 11) is 0. The number of carbonyl (C=O) groups excluding carboxylic acids is 1. The molecule has 1 aromatic heterocycles. The highest BCUT2D eigenvalue weighted by Gasteiger charge is 2.09. The van der Waals surface area contributed by atoms with Crippen LogP contribution in [-0.2, 0) is 5.75 Å². The molecule has 0 aliphatic heterocycles. The van der Waals surface area contributed by atoms with Crippen LogP contribution in [-0.4, -0.2) is 5.91 Å². The molecule has 0 aliphatic rings. The molecule has 0 radical (unpaired) electrons. The molecule has 0 spiro atoms. The minimum Gasteiger partial charge on any atom is -0.455 e. The molecule has 1 aromatic carbocycles. The average molecular weight is 263 g/mol. The standard InChI is InChI=1S/C12H13N3O2S/c13-9-3-1-2-4-11(9)18-7-8-5-6-10(17-8)12(16)15-14/h1-6H,7,13-14H2,(H,15,16). The summed E-state index contributed by atoms with van der Waals surface area (Å²) in [6.07, 6.45) is 0. The van der Waals surface area contributed by atoms with Crippen molar-refractivity contribution >= 4 is 23.4 Å². The largest absolute Gasteiger partial charge is 0.455 e. The first-order chi connectivity index (χ1) is 8.70. The number of furan rings is 1. The number of thioether (sulfide) groups is 1. The van der Waals surface area contributed by atoms with Crippen molar-refractivity contribution in [2.75, 3.05) is 5.73 Å². The molecule has 0 aliphatic carbocycles. The quantitative estimate of drug-likeness (QED) is 0.257. The van der Waals surface area contributed by atoms with E-state index < -0.39 is 5.91 Å². The second kappa shape index (κ2) is 5.61. The molecule has 1 amide bonds. The molecule has 2 aromatic rings. The predicted molar refractivity (Wildman–Crippen MR) is 70.8 cm³/mol. The van der Waals surface area contributed by atoms with Crippen LogP contribution in [0.5, 0.6) is 0 Å². The van der Waals surface area contributed by atoms with Crippen molar-refractivity contribution in [2.45, 2.75) is 10.6 Å². The van der Waals surface area contributed by atoms with Crippen molar-refractivity contribution in [1.82, 2.24) is 5.43 Å². The molecule has 2 rings (SSSR count). The van der Waals surface area contributed by atoms with Crippen LogP contribution >= 0.6 is 11.8 Å². The van der Waals surface area contributed by atoms with Gasteiger partial charge < -0.3 is 10.2 Å². The van der Waals surface area contributed by atoms with E-state index >= 15 is 0 Å². The third-order valence-corrected chi connectivity index (χ3v) is 3.42. The Hall–Kier alpha value is -1.92. The number of nitrogens with one attached hydrogen (secondary N) is 1. The van der Waals surface area contributed by atoms with E-state index in [0.717, 1.165) is 10.6 Å². The molecule has 0 fully saturated rings. The van der Waals surface area contributed by atoms with Crippen LogP contribution in [0.25, 0.3) is 0 Å². The van der Waals surface area contributed by atoms with Crippen molar-refractivity contribution in [2.24, 2.45) is 5.84 Å². The topological polar surface area (TPSA) is 94.3 Å². The van der Waals surface area contributed by atoms with Crippen LogP contribution in [0.2, 0.25) is 0 Å². The van der Waals surface area contributed by atoms with Gasteiger partial charge in [-0.2, -0.15) is 0 Å². The minimum atomic E-state index is -0.439. The van der Waals surface area contributed by atoms with E-state index in [2.05, 4.69) is 0 Å². The Kier molecular flexibility index (Phi) is 3.91. The number of nitrogen functional groups attached to an aromatic ring is 2. The van der Waals surface area contributed by atoms with Gasteiger partial charge in [-0.1, -0.05) is 12.1 Å². The Morgan fingerprint density at radius 3 is 2.78 bits per heavy atom. The number of benzene rings is 1. The Bertz CT molecular complexity index is 554. The zero-order valence-electron chi connectivity index (χ0n) is 9.55. The van der Waals surface area contributed by atoms with Gasteiger partial charge in [0.15, 0.2) is 5.76 Å². The van der Waals surface area contributed by atoms with E-state index in [-0.39, 0.29) is 5.76 Å². The molecular weight excluding hydrogens is 250 g/mol. The van der Waals surface area contributed by atoms with Gasteiger partial charge in [-0.3, -0.25) is 10.2 Å². The molecule has 5 nitrogen and oxygen atoms in total. The highest BCUT2D eigenvalue weighted by molar-refractivity contribution is 7.98. The molecule has 0 atom stereocenters. The van der Waals surface area contributed by atoms with E-state index in [1.165, 1.54) is 0 Å². The van der Waals surface area contributed by atoms with E-state index in [4.69, 9.17) is 16.0 Å². The summed E-state index contributed by atoms with van der Waals surface area (Å²) in [5.41, 5.74) is 8.58. The number of amides is 1. The van der Waals surface area contributed by atoms with Gasteiger partial charge in [-0.05, 0) is 24.3 Å². The third-order valence-electron chi connectivity index (χ3n) is 2.31. The Labute approximate surface area is 108 Å². The van der Waals surface area contributed by atoms with Crippen LogP contribution < -0.4 is 17.0 Å². The van der Waals surface area contributed by atoms with Crippen LogP contribution in [0, 0.1) is 0 Å². The lowest BCUT2D eigenvalue weighted by molar-refractivity contribution is 0.0924. The Morgan fingerprint density at radius 2 is 2.06 bits per heavy atom. The number of anilines is 1. The molecule has 18 heavy (non-hydrogen) atoms. The first-order valence-corrected chi connectivity index (χ1v) is 6.26. The van der Waals surface area contributed by atoms with Gasteiger partial charge in [0.2, 0.25) is 0 Å². The van der Waals surface area contributed by atoms with Crippen LogP contribution in [0.4, 0.5) is 5.69 Å². The maximum atomic E-state index is 11.2. The van der Waals surface area contributed by atoms with Crippen molar-refractivity contribution < 1.29 is 9.21 Å². The van der Waals surface area contributed by atoms with Crippen LogP contribution in [0.3, 0.4) is 0 Å². The maximum Gasteiger partial charge on any atom is 0.300 e. The summed E-state index contributed by atoms with van der Waals surface area (Å²) in [6.45, 7) is 0. The molecule has 0 bridgehead atoms. The summed E-state index contributed by atoms with van der Waals surface area (Å²) in [6, 6.07) is 10.9. The van der Waals surface area contributed by atoms with E-state index in [9.17, 15) is 4.79 Å². The number of rotatable bonds is 4. The number of hydrazine groups is 1.